The van der Waals surface area contributed by atoms with E-state index in [9.17, 15) is 9.18 Å². The van der Waals surface area contributed by atoms with Crippen LogP contribution in [0.3, 0.4) is 0 Å². The van der Waals surface area contributed by atoms with Crippen LogP contribution < -0.4 is 5.73 Å². The Labute approximate surface area is 94.0 Å². The Hall–Kier alpha value is -1.42. The van der Waals surface area contributed by atoms with Gasteiger partial charge in [0.2, 0.25) is 0 Å². The van der Waals surface area contributed by atoms with Gasteiger partial charge in [-0.15, -0.1) is 0 Å². The average Bonchev–Trinajstić information content (AvgIpc) is 2.24. The average molecular weight is 222 g/mol. The van der Waals surface area contributed by atoms with Crippen molar-refractivity contribution in [3.05, 3.63) is 35.6 Å². The van der Waals surface area contributed by atoms with E-state index in [2.05, 4.69) is 0 Å². The van der Waals surface area contributed by atoms with Gasteiger partial charge in [0.25, 0.3) is 5.91 Å². The maximum atomic E-state index is 12.9. The first-order valence-electron chi connectivity index (χ1n) is 5.38. The monoisotopic (exact) mass is 222 g/mol. The molecule has 0 bridgehead atoms. The van der Waals surface area contributed by atoms with Crippen LogP contribution in [0, 0.1) is 5.82 Å². The summed E-state index contributed by atoms with van der Waals surface area (Å²) in [6.45, 7) is 3.11. The van der Waals surface area contributed by atoms with Gasteiger partial charge < -0.3 is 10.6 Å². The van der Waals surface area contributed by atoms with Crippen LogP contribution in [0.2, 0.25) is 0 Å². The SMILES string of the molecule is CCC1(N)CN(C(=O)c2cccc(F)c2)C1. The first kappa shape index (κ1) is 11.1. The molecule has 1 saturated heterocycles. The van der Waals surface area contributed by atoms with E-state index < -0.39 is 0 Å². The highest BCUT2D eigenvalue weighted by molar-refractivity contribution is 5.95. The van der Waals surface area contributed by atoms with Crippen LogP contribution in [0.15, 0.2) is 24.3 Å². The topological polar surface area (TPSA) is 46.3 Å². The van der Waals surface area contributed by atoms with Crippen LogP contribution >= 0.6 is 0 Å². The first-order chi connectivity index (χ1) is 7.54. The fourth-order valence-electron chi connectivity index (χ4n) is 1.89. The molecule has 16 heavy (non-hydrogen) atoms. The minimum absolute atomic E-state index is 0.144. The molecule has 1 fully saturated rings. The number of halogens is 1. The number of nitrogens with zero attached hydrogens (tertiary/aromatic N) is 1. The van der Waals surface area contributed by atoms with Gasteiger partial charge in [-0.1, -0.05) is 13.0 Å². The number of amides is 1. The lowest BCUT2D eigenvalue weighted by Crippen LogP contribution is -2.68. The molecule has 0 radical (unpaired) electrons. The molecule has 4 heteroatoms. The van der Waals surface area contributed by atoms with Gasteiger partial charge in [-0.2, -0.15) is 0 Å². The van der Waals surface area contributed by atoms with Gasteiger partial charge in [0.1, 0.15) is 5.82 Å². The maximum absolute atomic E-state index is 12.9. The smallest absolute Gasteiger partial charge is 0.254 e. The van der Waals surface area contributed by atoms with Crippen LogP contribution in [-0.4, -0.2) is 29.4 Å². The minimum Gasteiger partial charge on any atom is -0.335 e. The normalized spacial score (nSPS) is 18.1. The predicted molar refractivity (Wildman–Crippen MR) is 59.5 cm³/mol. The highest BCUT2D eigenvalue weighted by Gasteiger charge is 2.40. The molecule has 0 aromatic heterocycles. The molecule has 2 N–H and O–H groups in total. The highest BCUT2D eigenvalue weighted by Crippen LogP contribution is 2.23. The summed E-state index contributed by atoms with van der Waals surface area (Å²) < 4.78 is 12.9. The van der Waals surface area contributed by atoms with Crippen molar-refractivity contribution in [2.24, 2.45) is 5.73 Å². The van der Waals surface area contributed by atoms with Crippen molar-refractivity contribution >= 4 is 5.91 Å². The van der Waals surface area contributed by atoms with Crippen LogP contribution in [-0.2, 0) is 0 Å². The zero-order valence-electron chi connectivity index (χ0n) is 9.24. The van der Waals surface area contributed by atoms with Gasteiger partial charge in [0.05, 0.1) is 5.54 Å². The number of rotatable bonds is 2. The van der Waals surface area contributed by atoms with E-state index >= 15 is 0 Å². The molecule has 0 saturated carbocycles. The van der Waals surface area contributed by atoms with E-state index in [4.69, 9.17) is 5.73 Å². The Kier molecular flexibility index (Phi) is 2.68. The number of likely N-dealkylation sites (tertiary alicyclic amines) is 1. The first-order valence-corrected chi connectivity index (χ1v) is 5.38. The van der Waals surface area contributed by atoms with Gasteiger partial charge in [-0.3, -0.25) is 4.79 Å². The quantitative estimate of drug-likeness (QED) is 0.822. The fourth-order valence-corrected chi connectivity index (χ4v) is 1.89. The zero-order chi connectivity index (χ0) is 11.8. The van der Waals surface area contributed by atoms with Crippen LogP contribution in [0.4, 0.5) is 4.39 Å². The van der Waals surface area contributed by atoms with Crippen molar-refractivity contribution < 1.29 is 9.18 Å². The molecule has 0 spiro atoms. The molecular weight excluding hydrogens is 207 g/mol. The summed E-state index contributed by atoms with van der Waals surface area (Å²) in [5.74, 6) is -0.532. The summed E-state index contributed by atoms with van der Waals surface area (Å²) in [5.41, 5.74) is 6.11. The Morgan fingerprint density at radius 2 is 2.25 bits per heavy atom. The molecule has 3 nitrogen and oxygen atoms in total. The highest BCUT2D eigenvalue weighted by atomic mass is 19.1. The lowest BCUT2D eigenvalue weighted by atomic mass is 9.88. The minimum atomic E-state index is -0.388. The molecule has 0 unspecified atom stereocenters. The Balaban J connectivity index is 2.06. The molecule has 1 aliphatic heterocycles. The summed E-state index contributed by atoms with van der Waals surface area (Å²) >= 11 is 0. The number of carbonyl (C=O) groups excluding carboxylic acids is 1. The largest absolute Gasteiger partial charge is 0.335 e. The van der Waals surface area contributed by atoms with E-state index in [1.165, 1.54) is 18.2 Å². The molecule has 1 aromatic rings. The maximum Gasteiger partial charge on any atom is 0.254 e. The number of carbonyl (C=O) groups is 1. The standard InChI is InChI=1S/C12H15FN2O/c1-2-12(14)7-15(8-12)11(16)9-4-3-5-10(13)6-9/h3-6H,2,7-8,14H2,1H3. The van der Waals surface area contributed by atoms with Gasteiger partial charge in [0, 0.05) is 18.7 Å². The molecule has 2 rings (SSSR count). The second-order valence-corrected chi connectivity index (χ2v) is 4.39. The van der Waals surface area contributed by atoms with Gasteiger partial charge in [-0.05, 0) is 24.6 Å². The lowest BCUT2D eigenvalue weighted by Gasteiger charge is -2.47. The molecular formula is C12H15FN2O. The van der Waals surface area contributed by atoms with Gasteiger partial charge in [0.15, 0.2) is 0 Å². The van der Waals surface area contributed by atoms with Crippen LogP contribution in [0.25, 0.3) is 0 Å². The summed E-state index contributed by atoms with van der Waals surface area (Å²) in [7, 11) is 0. The third-order valence-corrected chi connectivity index (χ3v) is 3.07. The van der Waals surface area contributed by atoms with E-state index in [0.717, 1.165) is 6.42 Å². The molecule has 1 heterocycles. The Bertz CT molecular complexity index is 413. The van der Waals surface area contributed by atoms with E-state index in [1.807, 2.05) is 6.92 Å². The molecule has 1 aliphatic rings. The van der Waals surface area contributed by atoms with Crippen molar-refractivity contribution in [3.8, 4) is 0 Å². The summed E-state index contributed by atoms with van der Waals surface area (Å²) in [5, 5.41) is 0. The number of hydrogen-bond donors (Lipinski definition) is 1. The summed E-state index contributed by atoms with van der Waals surface area (Å²) in [4.78, 5) is 13.5. The van der Waals surface area contributed by atoms with Crippen LogP contribution in [0.5, 0.6) is 0 Å². The molecule has 0 atom stereocenters. The second kappa shape index (κ2) is 3.87. The Morgan fingerprint density at radius 1 is 1.56 bits per heavy atom. The van der Waals surface area contributed by atoms with Gasteiger partial charge in [-0.25, -0.2) is 4.39 Å². The number of nitrogens with two attached hydrogens (primary N) is 1. The van der Waals surface area contributed by atoms with E-state index in [0.29, 0.717) is 18.7 Å². The third-order valence-electron chi connectivity index (χ3n) is 3.07. The summed E-state index contributed by atoms with van der Waals surface area (Å²) in [6, 6.07) is 5.74. The van der Waals surface area contributed by atoms with Crippen molar-refractivity contribution in [1.29, 1.82) is 0 Å². The lowest BCUT2D eigenvalue weighted by molar-refractivity contribution is 0.0401. The molecule has 0 aliphatic carbocycles. The second-order valence-electron chi connectivity index (χ2n) is 4.39. The predicted octanol–water partition coefficient (Wildman–Crippen LogP) is 1.39. The van der Waals surface area contributed by atoms with Gasteiger partial charge >= 0.3 is 0 Å². The molecule has 1 amide bonds. The summed E-state index contributed by atoms with van der Waals surface area (Å²) in [6.07, 6.45) is 0.847. The third kappa shape index (κ3) is 1.93. The molecule has 1 aromatic carbocycles. The number of hydrogen-bond acceptors (Lipinski definition) is 2. The Morgan fingerprint density at radius 3 is 2.81 bits per heavy atom. The van der Waals surface area contributed by atoms with Crippen molar-refractivity contribution in [2.45, 2.75) is 18.9 Å². The van der Waals surface area contributed by atoms with E-state index in [1.54, 1.807) is 11.0 Å². The molecule has 86 valence electrons. The number of benzene rings is 1. The van der Waals surface area contributed by atoms with Crippen molar-refractivity contribution in [3.63, 3.8) is 0 Å². The van der Waals surface area contributed by atoms with E-state index in [-0.39, 0.29) is 17.3 Å². The van der Waals surface area contributed by atoms with Crippen molar-refractivity contribution in [1.82, 2.24) is 4.90 Å². The fraction of sp³-hybridized carbons (Fsp3) is 0.417. The zero-order valence-corrected chi connectivity index (χ0v) is 9.24. The van der Waals surface area contributed by atoms with Crippen LogP contribution in [0.1, 0.15) is 23.7 Å². The van der Waals surface area contributed by atoms with Crippen molar-refractivity contribution in [2.75, 3.05) is 13.1 Å².